The van der Waals surface area contributed by atoms with Crippen molar-refractivity contribution in [2.45, 2.75) is 39.3 Å². The first-order valence-corrected chi connectivity index (χ1v) is 14.0. The van der Waals surface area contributed by atoms with Crippen molar-refractivity contribution < 1.29 is 32.6 Å². The molecule has 0 bridgehead atoms. The van der Waals surface area contributed by atoms with E-state index in [0.717, 1.165) is 6.07 Å². The van der Waals surface area contributed by atoms with E-state index < -0.39 is 23.3 Å². The standard InChI is InChI=1S/C30H34F2N6O5/c1-6-37-16-30(3,4)43-26-24(27(37)39)25(35-28(36-26)38-11-12-42-15-17(38)2)18-7-9-19(10-8-18)33-29(40)34-22-14-23(41-5)21(32)13-20(22)31/h7-10,13-14,17H,6,11-12,15-16H2,1-5H3,(H2,33,34,40). The molecule has 1 aromatic heterocycles. The van der Waals surface area contributed by atoms with Gasteiger partial charge < -0.3 is 34.6 Å². The molecule has 2 aromatic carbocycles. The van der Waals surface area contributed by atoms with Crippen molar-refractivity contribution in [2.24, 2.45) is 0 Å². The van der Waals surface area contributed by atoms with Crippen LogP contribution >= 0.6 is 0 Å². The number of nitrogens with one attached hydrogen (secondary N) is 2. The summed E-state index contributed by atoms with van der Waals surface area (Å²) >= 11 is 0. The van der Waals surface area contributed by atoms with E-state index in [1.807, 2.05) is 32.6 Å². The number of amides is 3. The van der Waals surface area contributed by atoms with E-state index in [2.05, 4.69) is 10.6 Å². The van der Waals surface area contributed by atoms with Crippen LogP contribution in [0.5, 0.6) is 11.6 Å². The van der Waals surface area contributed by atoms with Crippen LogP contribution in [0.3, 0.4) is 0 Å². The van der Waals surface area contributed by atoms with Gasteiger partial charge in [-0.25, -0.2) is 18.6 Å². The molecule has 1 saturated heterocycles. The summed E-state index contributed by atoms with van der Waals surface area (Å²) in [6, 6.07) is 7.64. The fourth-order valence-electron chi connectivity index (χ4n) is 5.07. The Morgan fingerprint density at radius 1 is 1.14 bits per heavy atom. The molecule has 5 rings (SSSR count). The van der Waals surface area contributed by atoms with Gasteiger partial charge in [0.1, 0.15) is 17.0 Å². The summed E-state index contributed by atoms with van der Waals surface area (Å²) in [6.07, 6.45) is 0. The maximum atomic E-state index is 14.2. The summed E-state index contributed by atoms with van der Waals surface area (Å²) in [5.41, 5.74) is 0.715. The van der Waals surface area contributed by atoms with Crippen LogP contribution in [0.1, 0.15) is 38.1 Å². The molecule has 1 unspecified atom stereocenters. The number of carbonyl (C=O) groups is 2. The van der Waals surface area contributed by atoms with Gasteiger partial charge >= 0.3 is 6.03 Å². The fourth-order valence-corrected chi connectivity index (χ4v) is 5.07. The zero-order chi connectivity index (χ0) is 30.9. The molecule has 2 aliphatic rings. The smallest absolute Gasteiger partial charge is 0.323 e. The molecule has 3 heterocycles. The zero-order valence-corrected chi connectivity index (χ0v) is 24.7. The Bertz CT molecular complexity index is 1530. The average Bonchev–Trinajstić information content (AvgIpc) is 3.07. The second kappa shape index (κ2) is 12.0. The van der Waals surface area contributed by atoms with Crippen LogP contribution in [0.25, 0.3) is 11.3 Å². The Balaban J connectivity index is 1.48. The first kappa shape index (κ1) is 30.0. The molecule has 13 heteroatoms. The number of ether oxygens (including phenoxy) is 3. The van der Waals surface area contributed by atoms with Gasteiger partial charge in [0.15, 0.2) is 11.6 Å². The Labute approximate surface area is 248 Å². The molecule has 0 aliphatic carbocycles. The van der Waals surface area contributed by atoms with Crippen molar-refractivity contribution in [3.63, 3.8) is 0 Å². The monoisotopic (exact) mass is 596 g/mol. The number of benzene rings is 2. The van der Waals surface area contributed by atoms with E-state index in [-0.39, 0.29) is 34.8 Å². The molecule has 3 aromatic rings. The molecule has 1 fully saturated rings. The van der Waals surface area contributed by atoms with Gasteiger partial charge in [-0.15, -0.1) is 0 Å². The Kier molecular flexibility index (Phi) is 8.36. The first-order valence-electron chi connectivity index (χ1n) is 14.0. The van der Waals surface area contributed by atoms with Crippen LogP contribution in [0.2, 0.25) is 0 Å². The van der Waals surface area contributed by atoms with Gasteiger partial charge in [-0.2, -0.15) is 4.98 Å². The van der Waals surface area contributed by atoms with Gasteiger partial charge in [-0.1, -0.05) is 12.1 Å². The highest BCUT2D eigenvalue weighted by molar-refractivity contribution is 6.03. The highest BCUT2D eigenvalue weighted by Gasteiger charge is 2.38. The number of rotatable bonds is 6. The summed E-state index contributed by atoms with van der Waals surface area (Å²) in [5, 5.41) is 4.97. The maximum absolute atomic E-state index is 14.2. The van der Waals surface area contributed by atoms with Gasteiger partial charge in [0.2, 0.25) is 11.8 Å². The summed E-state index contributed by atoms with van der Waals surface area (Å²) in [7, 11) is 1.24. The van der Waals surface area contributed by atoms with E-state index in [1.165, 1.54) is 7.11 Å². The molecular formula is C30H34F2N6O5. The van der Waals surface area contributed by atoms with Gasteiger partial charge in [0.05, 0.1) is 44.3 Å². The van der Waals surface area contributed by atoms with Crippen LogP contribution < -0.4 is 25.0 Å². The third-order valence-corrected chi connectivity index (χ3v) is 7.22. The number of fused-ring (bicyclic) bond motifs is 1. The molecule has 43 heavy (non-hydrogen) atoms. The lowest BCUT2D eigenvalue weighted by molar-refractivity contribution is 0.0541. The van der Waals surface area contributed by atoms with E-state index >= 15 is 0 Å². The van der Waals surface area contributed by atoms with Gasteiger partial charge in [0, 0.05) is 36.5 Å². The summed E-state index contributed by atoms with van der Waals surface area (Å²) in [5.74, 6) is -1.64. The fraction of sp³-hybridized carbons (Fsp3) is 0.400. The molecule has 0 radical (unpaired) electrons. The van der Waals surface area contributed by atoms with Crippen LogP contribution in [-0.4, -0.2) is 78.4 Å². The molecule has 0 spiro atoms. The molecule has 228 valence electrons. The lowest BCUT2D eigenvalue weighted by Crippen LogP contribution is -2.44. The number of likely N-dealkylation sites (N-methyl/N-ethyl adjacent to an activating group) is 1. The van der Waals surface area contributed by atoms with Crippen molar-refractivity contribution in [1.29, 1.82) is 0 Å². The number of anilines is 3. The third-order valence-electron chi connectivity index (χ3n) is 7.22. The minimum absolute atomic E-state index is 0.0114. The second-order valence-corrected chi connectivity index (χ2v) is 11.0. The van der Waals surface area contributed by atoms with Crippen LogP contribution in [-0.2, 0) is 4.74 Å². The highest BCUT2D eigenvalue weighted by Crippen LogP contribution is 2.37. The SMILES string of the molecule is CCN1CC(C)(C)Oc2nc(N3CCOCC3C)nc(-c3ccc(NC(=O)Nc4cc(OC)c(F)cc4F)cc3)c2C1=O. The molecule has 3 amide bonds. The van der Waals surface area contributed by atoms with Crippen molar-refractivity contribution in [1.82, 2.24) is 14.9 Å². The van der Waals surface area contributed by atoms with E-state index in [9.17, 15) is 18.4 Å². The molecule has 1 atom stereocenters. The molecule has 0 saturated carbocycles. The summed E-state index contributed by atoms with van der Waals surface area (Å²) < 4.78 is 44.7. The predicted octanol–water partition coefficient (Wildman–Crippen LogP) is 4.93. The number of morpholine rings is 1. The maximum Gasteiger partial charge on any atom is 0.323 e. The topological polar surface area (TPSA) is 118 Å². The minimum Gasteiger partial charge on any atom is -0.494 e. The van der Waals surface area contributed by atoms with E-state index in [4.69, 9.17) is 24.2 Å². The Morgan fingerprint density at radius 3 is 2.56 bits per heavy atom. The highest BCUT2D eigenvalue weighted by atomic mass is 19.1. The quantitative estimate of drug-likeness (QED) is 0.411. The van der Waals surface area contributed by atoms with Crippen LogP contribution in [0.15, 0.2) is 36.4 Å². The van der Waals surface area contributed by atoms with Crippen LogP contribution in [0.4, 0.5) is 30.9 Å². The number of carbonyl (C=O) groups excluding carboxylic acids is 2. The lowest BCUT2D eigenvalue weighted by Gasteiger charge is -2.34. The number of aromatic nitrogens is 2. The van der Waals surface area contributed by atoms with Crippen molar-refractivity contribution in [2.75, 3.05) is 55.5 Å². The van der Waals surface area contributed by atoms with Gasteiger partial charge in [-0.3, -0.25) is 4.79 Å². The average molecular weight is 597 g/mol. The number of hydrogen-bond acceptors (Lipinski definition) is 8. The molecule has 2 N–H and O–H groups in total. The number of halogens is 2. The lowest BCUT2D eigenvalue weighted by atomic mass is 10.0. The zero-order valence-electron chi connectivity index (χ0n) is 24.7. The largest absolute Gasteiger partial charge is 0.494 e. The minimum atomic E-state index is -0.949. The number of nitrogens with zero attached hydrogens (tertiary/aromatic N) is 4. The summed E-state index contributed by atoms with van der Waals surface area (Å²) in [6.45, 7) is 10.2. The number of hydrogen-bond donors (Lipinski definition) is 2. The molecule has 11 nitrogen and oxygen atoms in total. The molecular weight excluding hydrogens is 562 g/mol. The van der Waals surface area contributed by atoms with E-state index in [1.54, 1.807) is 29.2 Å². The first-order chi connectivity index (χ1) is 20.5. The second-order valence-electron chi connectivity index (χ2n) is 11.0. The van der Waals surface area contributed by atoms with Crippen molar-refractivity contribution in [3.05, 3.63) is 53.6 Å². The van der Waals surface area contributed by atoms with Crippen LogP contribution in [0, 0.1) is 11.6 Å². The van der Waals surface area contributed by atoms with Crippen molar-refractivity contribution >= 4 is 29.3 Å². The number of methoxy groups -OCH3 is 1. The third kappa shape index (κ3) is 6.31. The Morgan fingerprint density at radius 2 is 1.88 bits per heavy atom. The van der Waals surface area contributed by atoms with Gasteiger partial charge in [0.25, 0.3) is 5.91 Å². The van der Waals surface area contributed by atoms with Gasteiger partial charge in [-0.05, 0) is 39.8 Å². The number of urea groups is 1. The Hall–Kier alpha value is -4.52. The summed E-state index contributed by atoms with van der Waals surface area (Å²) in [4.78, 5) is 39.7. The van der Waals surface area contributed by atoms with Crippen molar-refractivity contribution in [3.8, 4) is 22.9 Å². The molecule has 2 aliphatic heterocycles. The predicted molar refractivity (Wildman–Crippen MR) is 157 cm³/mol. The normalized spacial score (nSPS) is 17.9. The van der Waals surface area contributed by atoms with E-state index in [0.29, 0.717) is 61.8 Å².